The van der Waals surface area contributed by atoms with Crippen molar-refractivity contribution in [2.75, 3.05) is 13.2 Å². The highest BCUT2D eigenvalue weighted by Gasteiger charge is 2.15. The number of rotatable bonds is 7. The Labute approximate surface area is 196 Å². The Balaban J connectivity index is 1.78. The van der Waals surface area contributed by atoms with Gasteiger partial charge in [0.1, 0.15) is 30.5 Å². The van der Waals surface area contributed by atoms with Gasteiger partial charge in [0.25, 0.3) is 0 Å². The third-order valence-electron chi connectivity index (χ3n) is 4.71. The number of imidazole rings is 1. The van der Waals surface area contributed by atoms with E-state index >= 15 is 0 Å². The number of terminal acetylenes is 2. The van der Waals surface area contributed by atoms with Crippen LogP contribution >= 0.6 is 15.9 Å². The van der Waals surface area contributed by atoms with Crippen LogP contribution in [0.3, 0.4) is 0 Å². The zero-order chi connectivity index (χ0) is 22.3. The van der Waals surface area contributed by atoms with Crippen molar-refractivity contribution in [2.24, 2.45) is 0 Å². The first-order chi connectivity index (χ1) is 15.7. The Morgan fingerprint density at radius 1 is 0.812 bits per heavy atom. The number of hydrogen-bond donors (Lipinski definition) is 0. The Bertz CT molecular complexity index is 1300. The van der Waals surface area contributed by atoms with Gasteiger partial charge in [0.15, 0.2) is 0 Å². The van der Waals surface area contributed by atoms with Gasteiger partial charge in [0.2, 0.25) is 0 Å². The van der Waals surface area contributed by atoms with Crippen LogP contribution in [0.25, 0.3) is 28.3 Å². The zero-order valence-corrected chi connectivity index (χ0v) is 18.7. The first kappa shape index (κ1) is 21.3. The average molecular weight is 483 g/mol. The highest BCUT2D eigenvalue weighted by Crippen LogP contribution is 2.33. The first-order valence-electron chi connectivity index (χ1n) is 9.87. The maximum atomic E-state index is 5.54. The normalized spacial score (nSPS) is 10.2. The smallest absolute Gasteiger partial charge is 0.148 e. The van der Waals surface area contributed by atoms with Crippen molar-refractivity contribution in [3.05, 3.63) is 83.5 Å². The summed E-state index contributed by atoms with van der Waals surface area (Å²) < 4.78 is 14.0. The topological polar surface area (TPSA) is 36.3 Å². The van der Waals surface area contributed by atoms with E-state index in [0.717, 1.165) is 32.8 Å². The molecule has 1 aromatic heterocycles. The summed E-state index contributed by atoms with van der Waals surface area (Å²) in [5.74, 6) is 7.15. The van der Waals surface area contributed by atoms with Crippen LogP contribution in [0.2, 0.25) is 0 Å². The van der Waals surface area contributed by atoms with Crippen LogP contribution in [0.15, 0.2) is 83.5 Å². The quantitative estimate of drug-likeness (QED) is 0.303. The molecule has 0 spiro atoms. The number of aromatic nitrogens is 2. The van der Waals surface area contributed by atoms with Crippen LogP contribution in [0, 0.1) is 24.7 Å². The lowest BCUT2D eigenvalue weighted by molar-refractivity contribution is 0.370. The lowest BCUT2D eigenvalue weighted by Gasteiger charge is -2.12. The molecule has 156 valence electrons. The fourth-order valence-electron chi connectivity index (χ4n) is 3.24. The second-order valence-electron chi connectivity index (χ2n) is 6.81. The number of halogens is 1. The zero-order valence-electron chi connectivity index (χ0n) is 17.2. The summed E-state index contributed by atoms with van der Waals surface area (Å²) in [5, 5.41) is 0. The molecule has 0 amide bonds. The number of hydrogen-bond acceptors (Lipinski definition) is 3. The third kappa shape index (κ3) is 4.70. The largest absolute Gasteiger partial charge is 0.481 e. The van der Waals surface area contributed by atoms with Crippen molar-refractivity contribution in [1.82, 2.24) is 9.55 Å². The Kier molecular flexibility index (Phi) is 6.60. The summed E-state index contributed by atoms with van der Waals surface area (Å²) >= 11 is 3.67. The standard InChI is InChI=1S/C27H19BrN2O2/c1-3-16-31-22-12-10-21(11-13-22)27-29-25(20-8-6-5-7-9-20)19-30(27)26-15-14-23(18-24(26)28)32-17-4-2/h1-2,5-15,18-19H,16-17H2. The van der Waals surface area contributed by atoms with Gasteiger partial charge in [-0.3, -0.25) is 4.57 Å². The van der Waals surface area contributed by atoms with Gasteiger partial charge in [-0.05, 0) is 58.4 Å². The van der Waals surface area contributed by atoms with E-state index in [1.54, 1.807) is 0 Å². The van der Waals surface area contributed by atoms with E-state index in [-0.39, 0.29) is 13.2 Å². The van der Waals surface area contributed by atoms with Crippen molar-refractivity contribution in [1.29, 1.82) is 0 Å². The molecule has 0 fully saturated rings. The van der Waals surface area contributed by atoms with E-state index in [2.05, 4.69) is 32.3 Å². The molecular weight excluding hydrogens is 464 g/mol. The molecule has 4 aromatic rings. The van der Waals surface area contributed by atoms with E-state index in [4.69, 9.17) is 27.3 Å². The predicted octanol–water partition coefficient (Wildman–Crippen LogP) is 5.99. The molecular formula is C27H19BrN2O2. The molecule has 0 aliphatic heterocycles. The molecule has 4 nitrogen and oxygen atoms in total. The summed E-state index contributed by atoms with van der Waals surface area (Å²) in [6.07, 6.45) is 12.6. The summed E-state index contributed by atoms with van der Waals surface area (Å²) in [5.41, 5.74) is 3.77. The van der Waals surface area contributed by atoms with Crippen molar-refractivity contribution in [3.8, 4) is 64.5 Å². The van der Waals surface area contributed by atoms with Crippen LogP contribution in [-0.4, -0.2) is 22.8 Å². The van der Waals surface area contributed by atoms with Gasteiger partial charge >= 0.3 is 0 Å². The predicted molar refractivity (Wildman–Crippen MR) is 131 cm³/mol. The lowest BCUT2D eigenvalue weighted by atomic mass is 10.2. The van der Waals surface area contributed by atoms with Gasteiger partial charge in [-0.15, -0.1) is 12.8 Å². The van der Waals surface area contributed by atoms with Crippen molar-refractivity contribution in [2.45, 2.75) is 0 Å². The molecule has 0 unspecified atom stereocenters. The van der Waals surface area contributed by atoms with E-state index in [1.165, 1.54) is 0 Å². The molecule has 0 bridgehead atoms. The van der Waals surface area contributed by atoms with Crippen LogP contribution in [0.1, 0.15) is 0 Å². The molecule has 0 saturated heterocycles. The Morgan fingerprint density at radius 3 is 2.12 bits per heavy atom. The second kappa shape index (κ2) is 9.92. The van der Waals surface area contributed by atoms with Crippen molar-refractivity contribution >= 4 is 15.9 Å². The number of nitrogens with zero attached hydrogens (tertiary/aromatic N) is 2. The summed E-state index contributed by atoms with van der Waals surface area (Å²) in [6.45, 7) is 0.446. The van der Waals surface area contributed by atoms with Gasteiger partial charge in [-0.25, -0.2) is 4.98 Å². The Morgan fingerprint density at radius 2 is 1.47 bits per heavy atom. The van der Waals surface area contributed by atoms with Crippen LogP contribution in [0.4, 0.5) is 0 Å². The van der Waals surface area contributed by atoms with Gasteiger partial charge in [-0.1, -0.05) is 42.2 Å². The molecule has 3 aromatic carbocycles. The number of ether oxygens (including phenoxy) is 2. The van der Waals surface area contributed by atoms with Gasteiger partial charge < -0.3 is 9.47 Å². The molecule has 32 heavy (non-hydrogen) atoms. The molecule has 5 heteroatoms. The minimum absolute atomic E-state index is 0.217. The van der Waals surface area contributed by atoms with E-state index < -0.39 is 0 Å². The summed E-state index contributed by atoms with van der Waals surface area (Å²) in [4.78, 5) is 4.94. The lowest BCUT2D eigenvalue weighted by Crippen LogP contribution is -1.99. The van der Waals surface area contributed by atoms with Gasteiger partial charge in [0, 0.05) is 21.8 Å². The Hall–Kier alpha value is -3.93. The van der Waals surface area contributed by atoms with E-state index in [1.807, 2.05) is 79.0 Å². The SMILES string of the molecule is C#CCOc1ccc(-c2nc(-c3ccccc3)cn2-c2ccc(OCC#C)cc2Br)cc1. The fraction of sp³-hybridized carbons (Fsp3) is 0.0741. The molecule has 4 rings (SSSR count). The van der Waals surface area contributed by atoms with Crippen molar-refractivity contribution < 1.29 is 9.47 Å². The average Bonchev–Trinajstić information content (AvgIpc) is 3.27. The fourth-order valence-corrected chi connectivity index (χ4v) is 3.79. The minimum atomic E-state index is 0.217. The van der Waals surface area contributed by atoms with E-state index in [9.17, 15) is 0 Å². The summed E-state index contributed by atoms with van der Waals surface area (Å²) in [6, 6.07) is 23.5. The first-order valence-corrected chi connectivity index (χ1v) is 10.7. The van der Waals surface area contributed by atoms with Crippen LogP contribution in [0.5, 0.6) is 11.5 Å². The molecule has 0 radical (unpaired) electrons. The molecule has 0 N–H and O–H groups in total. The van der Waals surface area contributed by atoms with E-state index in [0.29, 0.717) is 11.5 Å². The summed E-state index contributed by atoms with van der Waals surface area (Å²) in [7, 11) is 0. The molecule has 0 aliphatic carbocycles. The van der Waals surface area contributed by atoms with Gasteiger partial charge in [0.05, 0.1) is 11.4 Å². The monoisotopic (exact) mass is 482 g/mol. The maximum absolute atomic E-state index is 5.54. The highest BCUT2D eigenvalue weighted by atomic mass is 79.9. The van der Waals surface area contributed by atoms with Crippen molar-refractivity contribution in [3.63, 3.8) is 0 Å². The molecule has 0 atom stereocenters. The molecule has 0 saturated carbocycles. The minimum Gasteiger partial charge on any atom is -0.481 e. The molecule has 0 aliphatic rings. The maximum Gasteiger partial charge on any atom is 0.148 e. The van der Waals surface area contributed by atoms with Gasteiger partial charge in [-0.2, -0.15) is 0 Å². The van der Waals surface area contributed by atoms with Crippen LogP contribution < -0.4 is 9.47 Å². The highest BCUT2D eigenvalue weighted by molar-refractivity contribution is 9.10. The van der Waals surface area contributed by atoms with Crippen LogP contribution in [-0.2, 0) is 0 Å². The molecule has 1 heterocycles. The second-order valence-corrected chi connectivity index (χ2v) is 7.66. The number of benzene rings is 3. The third-order valence-corrected chi connectivity index (χ3v) is 5.35.